The van der Waals surface area contributed by atoms with Gasteiger partial charge in [-0.25, -0.2) is 9.59 Å². The molecule has 10 heteroatoms. The van der Waals surface area contributed by atoms with E-state index in [1.54, 1.807) is 0 Å². The number of phenolic OH excluding ortho intramolecular Hbond substituents is 2. The summed E-state index contributed by atoms with van der Waals surface area (Å²) in [6, 6.07) is 4.06. The van der Waals surface area contributed by atoms with Gasteiger partial charge >= 0.3 is 11.9 Å². The van der Waals surface area contributed by atoms with Crippen LogP contribution in [0.25, 0.3) is 6.08 Å². The summed E-state index contributed by atoms with van der Waals surface area (Å²) >= 11 is 0. The van der Waals surface area contributed by atoms with Crippen molar-refractivity contribution in [2.45, 2.75) is 36.8 Å². The van der Waals surface area contributed by atoms with E-state index in [-0.39, 0.29) is 11.5 Å². The smallest absolute Gasteiger partial charge is 0.335 e. The zero-order chi connectivity index (χ0) is 20.1. The number of aliphatic carboxylic acids is 2. The second kappa shape index (κ2) is 8.63. The van der Waals surface area contributed by atoms with Crippen LogP contribution in [0, 0.1) is 0 Å². The van der Waals surface area contributed by atoms with Crippen molar-refractivity contribution in [2.75, 3.05) is 0 Å². The fourth-order valence-electron chi connectivity index (χ4n) is 2.26. The average Bonchev–Trinajstić information content (AvgIpc) is 2.54. The predicted octanol–water partition coefficient (Wildman–Crippen LogP) is -1.13. The lowest BCUT2D eigenvalue weighted by atomic mass is 9.80. The topological polar surface area (TPSA) is 196 Å². The van der Waals surface area contributed by atoms with Crippen LogP contribution in [0.15, 0.2) is 24.3 Å². The molecule has 0 saturated heterocycles. The van der Waals surface area contributed by atoms with Crippen LogP contribution < -0.4 is 0 Å². The van der Waals surface area contributed by atoms with Crippen molar-refractivity contribution < 1.29 is 50.4 Å². The lowest BCUT2D eigenvalue weighted by Crippen LogP contribution is -2.56. The van der Waals surface area contributed by atoms with Gasteiger partial charge in [-0.15, -0.1) is 0 Å². The van der Waals surface area contributed by atoms with Crippen LogP contribution in [-0.4, -0.2) is 76.7 Å². The van der Waals surface area contributed by atoms with Gasteiger partial charge in [-0.1, -0.05) is 6.07 Å². The third-order valence-electron chi connectivity index (χ3n) is 3.70. The highest BCUT2D eigenvalue weighted by Gasteiger charge is 2.48. The van der Waals surface area contributed by atoms with Gasteiger partial charge in [0.25, 0.3) is 0 Å². The fourth-order valence-corrected chi connectivity index (χ4v) is 2.26. The number of aromatic hydroxyl groups is 2. The molecule has 3 unspecified atom stereocenters. The second-order valence-electron chi connectivity index (χ2n) is 5.79. The predicted molar refractivity (Wildman–Crippen MR) is 86.3 cm³/mol. The van der Waals surface area contributed by atoms with E-state index in [9.17, 15) is 14.7 Å². The maximum Gasteiger partial charge on any atom is 0.335 e. The first-order valence-electron chi connectivity index (χ1n) is 7.39. The molecule has 0 spiro atoms. The fraction of sp³-hybridized carbons (Fsp3) is 0.375. The van der Waals surface area contributed by atoms with Crippen LogP contribution in [0.2, 0.25) is 0 Å². The lowest BCUT2D eigenvalue weighted by molar-refractivity contribution is -0.187. The van der Waals surface area contributed by atoms with Gasteiger partial charge < -0.3 is 40.9 Å². The van der Waals surface area contributed by atoms with Crippen molar-refractivity contribution in [1.29, 1.82) is 0 Å². The number of aliphatic hydroxyl groups is 4. The van der Waals surface area contributed by atoms with Crippen LogP contribution in [0.3, 0.4) is 0 Å². The van der Waals surface area contributed by atoms with E-state index < -0.39 is 48.7 Å². The van der Waals surface area contributed by atoms with Crippen molar-refractivity contribution in [1.82, 2.24) is 0 Å². The number of carboxylic acid groups (broad SMARTS) is 2. The zero-order valence-corrected chi connectivity index (χ0v) is 13.4. The van der Waals surface area contributed by atoms with Crippen LogP contribution in [0.4, 0.5) is 0 Å². The SMILES string of the molecule is O=C(O)/C=C/c1ccc(O)c(O)c1.O=C(O)C1(O)CC(O)C(O)[C@@H](O)C1. The summed E-state index contributed by atoms with van der Waals surface area (Å²) in [6.45, 7) is 0. The Bertz CT molecular complexity index is 672. The van der Waals surface area contributed by atoms with E-state index in [1.165, 1.54) is 24.3 Å². The standard InChI is InChI=1S/C9H8O4.C7H12O6/c10-7-3-1-6(5-8(7)11)2-4-9(12)13;8-3-1-7(13,6(11)12)2-4(9)5(3)10/h1-5,10-11H,(H,12,13);3-5,8-10,13H,1-2H2,(H,11,12)/b4-2+;/t;3-,4?,5?,7?/m.0/s1. The van der Waals surface area contributed by atoms with Gasteiger partial charge in [0.05, 0.1) is 12.2 Å². The monoisotopic (exact) mass is 372 g/mol. The number of rotatable bonds is 3. The summed E-state index contributed by atoms with van der Waals surface area (Å²) in [7, 11) is 0. The summed E-state index contributed by atoms with van der Waals surface area (Å²) in [5, 5.41) is 71.5. The third-order valence-corrected chi connectivity index (χ3v) is 3.70. The number of carboxylic acids is 2. The lowest BCUT2D eigenvalue weighted by Gasteiger charge is -2.37. The molecular formula is C16H20O10. The van der Waals surface area contributed by atoms with Crippen LogP contribution in [0.5, 0.6) is 11.5 Å². The van der Waals surface area contributed by atoms with Crippen molar-refractivity contribution in [3.05, 3.63) is 29.8 Å². The van der Waals surface area contributed by atoms with Crippen molar-refractivity contribution in [3.8, 4) is 11.5 Å². The average molecular weight is 372 g/mol. The molecule has 144 valence electrons. The van der Waals surface area contributed by atoms with Gasteiger partial charge in [-0.3, -0.25) is 0 Å². The molecule has 1 aromatic carbocycles. The molecule has 2 rings (SSSR count). The Kier molecular flexibility index (Phi) is 7.10. The van der Waals surface area contributed by atoms with Crippen LogP contribution >= 0.6 is 0 Å². The van der Waals surface area contributed by atoms with Crippen molar-refractivity contribution in [3.63, 3.8) is 0 Å². The first-order valence-corrected chi connectivity index (χ1v) is 7.39. The van der Waals surface area contributed by atoms with Gasteiger partial charge in [0.2, 0.25) is 0 Å². The molecule has 0 aromatic heterocycles. The highest BCUT2D eigenvalue weighted by molar-refractivity contribution is 5.85. The first kappa shape index (κ1) is 21.4. The van der Waals surface area contributed by atoms with Crippen LogP contribution in [-0.2, 0) is 9.59 Å². The maximum absolute atomic E-state index is 10.5. The van der Waals surface area contributed by atoms with Crippen molar-refractivity contribution in [2.24, 2.45) is 0 Å². The number of aliphatic hydroxyl groups excluding tert-OH is 3. The highest BCUT2D eigenvalue weighted by Crippen LogP contribution is 2.29. The number of phenols is 2. The summed E-state index contributed by atoms with van der Waals surface area (Å²) < 4.78 is 0. The molecular weight excluding hydrogens is 352 g/mol. The largest absolute Gasteiger partial charge is 0.504 e. The minimum absolute atomic E-state index is 0.229. The summed E-state index contributed by atoms with van der Waals surface area (Å²) in [4.78, 5) is 20.6. The summed E-state index contributed by atoms with van der Waals surface area (Å²) in [5.41, 5.74) is -1.63. The Morgan fingerprint density at radius 1 is 1.00 bits per heavy atom. The Hall–Kier alpha value is -2.66. The molecule has 8 N–H and O–H groups in total. The van der Waals surface area contributed by atoms with Gasteiger partial charge in [-0.2, -0.15) is 0 Å². The molecule has 4 atom stereocenters. The molecule has 0 aliphatic heterocycles. The van der Waals surface area contributed by atoms with E-state index >= 15 is 0 Å². The summed E-state index contributed by atoms with van der Waals surface area (Å²) in [6.07, 6.45) is -2.89. The van der Waals surface area contributed by atoms with E-state index in [0.29, 0.717) is 5.56 Å². The summed E-state index contributed by atoms with van der Waals surface area (Å²) in [5.74, 6) is -3.06. The Balaban J connectivity index is 0.000000260. The molecule has 1 saturated carbocycles. The van der Waals surface area contributed by atoms with Gasteiger partial charge in [-0.05, 0) is 23.8 Å². The molecule has 0 radical (unpaired) electrons. The molecule has 1 aliphatic carbocycles. The van der Waals surface area contributed by atoms with E-state index in [4.69, 9.17) is 35.7 Å². The number of benzene rings is 1. The number of hydrogen-bond acceptors (Lipinski definition) is 8. The van der Waals surface area contributed by atoms with Crippen LogP contribution in [0.1, 0.15) is 18.4 Å². The van der Waals surface area contributed by atoms with E-state index in [2.05, 4.69) is 0 Å². The molecule has 0 amide bonds. The Morgan fingerprint density at radius 2 is 1.54 bits per heavy atom. The molecule has 26 heavy (non-hydrogen) atoms. The minimum atomic E-state index is -2.14. The number of carbonyl (C=O) groups is 2. The Labute approximate surface area is 147 Å². The first-order chi connectivity index (χ1) is 12.0. The molecule has 0 heterocycles. The molecule has 1 aromatic rings. The second-order valence-corrected chi connectivity index (χ2v) is 5.79. The quantitative estimate of drug-likeness (QED) is 0.237. The zero-order valence-electron chi connectivity index (χ0n) is 13.4. The van der Waals surface area contributed by atoms with E-state index in [1.807, 2.05) is 0 Å². The van der Waals surface area contributed by atoms with Crippen molar-refractivity contribution >= 4 is 18.0 Å². The van der Waals surface area contributed by atoms with E-state index in [0.717, 1.165) is 6.08 Å². The van der Waals surface area contributed by atoms with Gasteiger partial charge in [0, 0.05) is 18.9 Å². The highest BCUT2D eigenvalue weighted by atomic mass is 16.4. The van der Waals surface area contributed by atoms with Gasteiger partial charge in [0.15, 0.2) is 17.1 Å². The van der Waals surface area contributed by atoms with Gasteiger partial charge in [0.1, 0.15) is 6.10 Å². The number of hydrogen-bond donors (Lipinski definition) is 8. The minimum Gasteiger partial charge on any atom is -0.504 e. The molecule has 0 bridgehead atoms. The third kappa shape index (κ3) is 5.70. The maximum atomic E-state index is 10.5. The molecule has 10 nitrogen and oxygen atoms in total. The molecule has 1 aliphatic rings. The molecule has 1 fully saturated rings. The normalized spacial score (nSPS) is 28.2. The Morgan fingerprint density at radius 3 is 1.96 bits per heavy atom.